The molecule has 2 heterocycles. The Hall–Kier alpha value is -2.96. The van der Waals surface area contributed by atoms with Crippen molar-refractivity contribution in [3.63, 3.8) is 0 Å². The van der Waals surface area contributed by atoms with E-state index in [2.05, 4.69) is 20.2 Å². The highest BCUT2D eigenvalue weighted by Crippen LogP contribution is 2.15. The SMILES string of the molecule is O=C(Nc1ncccn1)C(=O)N1CCN(c2ccccc2)CC1. The molecule has 1 aliphatic heterocycles. The van der Waals surface area contributed by atoms with Crippen LogP contribution < -0.4 is 10.2 Å². The van der Waals surface area contributed by atoms with Crippen molar-refractivity contribution in [1.29, 1.82) is 0 Å². The Bertz CT molecular complexity index is 669. The molecule has 1 saturated heterocycles. The molecular formula is C16H17N5O2. The van der Waals surface area contributed by atoms with Crippen LogP contribution in [-0.4, -0.2) is 52.9 Å². The van der Waals surface area contributed by atoms with Crippen molar-refractivity contribution in [3.8, 4) is 0 Å². The molecule has 23 heavy (non-hydrogen) atoms. The lowest BCUT2D eigenvalue weighted by atomic mass is 10.2. The quantitative estimate of drug-likeness (QED) is 0.829. The van der Waals surface area contributed by atoms with E-state index >= 15 is 0 Å². The second kappa shape index (κ2) is 6.87. The molecule has 2 amide bonds. The summed E-state index contributed by atoms with van der Waals surface area (Å²) in [6.07, 6.45) is 3.01. The zero-order valence-electron chi connectivity index (χ0n) is 12.6. The molecule has 1 aromatic heterocycles. The Balaban J connectivity index is 1.55. The summed E-state index contributed by atoms with van der Waals surface area (Å²) in [5.41, 5.74) is 1.13. The summed E-state index contributed by atoms with van der Waals surface area (Å²) in [5, 5.41) is 2.42. The van der Waals surface area contributed by atoms with E-state index in [1.807, 2.05) is 30.3 Å². The topological polar surface area (TPSA) is 78.4 Å². The number of aromatic nitrogens is 2. The number of carbonyl (C=O) groups is 2. The van der Waals surface area contributed by atoms with Crippen LogP contribution in [0.15, 0.2) is 48.8 Å². The van der Waals surface area contributed by atoms with E-state index in [4.69, 9.17) is 0 Å². The van der Waals surface area contributed by atoms with Crippen molar-refractivity contribution < 1.29 is 9.59 Å². The van der Waals surface area contributed by atoms with E-state index in [1.54, 1.807) is 11.0 Å². The fourth-order valence-electron chi connectivity index (χ4n) is 2.47. The Morgan fingerprint density at radius 3 is 2.22 bits per heavy atom. The number of hydrogen-bond donors (Lipinski definition) is 1. The van der Waals surface area contributed by atoms with E-state index in [9.17, 15) is 9.59 Å². The predicted octanol–water partition coefficient (Wildman–Crippen LogP) is 0.764. The maximum absolute atomic E-state index is 12.2. The van der Waals surface area contributed by atoms with Gasteiger partial charge in [-0.15, -0.1) is 0 Å². The fourth-order valence-corrected chi connectivity index (χ4v) is 2.47. The number of anilines is 2. The van der Waals surface area contributed by atoms with Crippen molar-refractivity contribution >= 4 is 23.5 Å². The monoisotopic (exact) mass is 311 g/mol. The van der Waals surface area contributed by atoms with Gasteiger partial charge >= 0.3 is 11.8 Å². The van der Waals surface area contributed by atoms with Crippen LogP contribution in [0.1, 0.15) is 0 Å². The summed E-state index contributed by atoms with van der Waals surface area (Å²) < 4.78 is 0. The number of carbonyl (C=O) groups excluding carboxylic acids is 2. The van der Waals surface area contributed by atoms with E-state index in [-0.39, 0.29) is 5.95 Å². The van der Waals surface area contributed by atoms with Gasteiger partial charge < -0.3 is 9.80 Å². The molecule has 0 aliphatic carbocycles. The number of nitrogens with zero attached hydrogens (tertiary/aromatic N) is 4. The van der Waals surface area contributed by atoms with Crippen molar-refractivity contribution in [2.75, 3.05) is 36.4 Å². The average Bonchev–Trinajstić information content (AvgIpc) is 2.63. The summed E-state index contributed by atoms with van der Waals surface area (Å²) in [6, 6.07) is 11.7. The smallest absolute Gasteiger partial charge is 0.316 e. The van der Waals surface area contributed by atoms with Crippen LogP contribution in [0.5, 0.6) is 0 Å². The van der Waals surface area contributed by atoms with Crippen molar-refractivity contribution in [3.05, 3.63) is 48.8 Å². The molecule has 7 nitrogen and oxygen atoms in total. The van der Waals surface area contributed by atoms with Gasteiger partial charge in [0.25, 0.3) is 0 Å². The number of piperazine rings is 1. The molecule has 0 saturated carbocycles. The Labute approximate surface area is 134 Å². The third kappa shape index (κ3) is 3.63. The third-order valence-corrected chi connectivity index (χ3v) is 3.67. The summed E-state index contributed by atoms with van der Waals surface area (Å²) in [6.45, 7) is 2.42. The first-order valence-electron chi connectivity index (χ1n) is 7.41. The lowest BCUT2D eigenvalue weighted by molar-refractivity contribution is -0.143. The Morgan fingerprint density at radius 1 is 0.913 bits per heavy atom. The number of amides is 2. The van der Waals surface area contributed by atoms with Crippen LogP contribution in [0.2, 0.25) is 0 Å². The van der Waals surface area contributed by atoms with Crippen LogP contribution in [0.25, 0.3) is 0 Å². The molecule has 0 spiro atoms. The predicted molar refractivity (Wildman–Crippen MR) is 85.9 cm³/mol. The second-order valence-electron chi connectivity index (χ2n) is 5.14. The maximum atomic E-state index is 12.2. The number of rotatable bonds is 2. The van der Waals surface area contributed by atoms with Gasteiger partial charge in [-0.25, -0.2) is 9.97 Å². The average molecular weight is 311 g/mol. The fraction of sp³-hybridized carbons (Fsp3) is 0.250. The lowest BCUT2D eigenvalue weighted by Gasteiger charge is -2.35. The van der Waals surface area contributed by atoms with E-state index in [0.29, 0.717) is 26.2 Å². The zero-order chi connectivity index (χ0) is 16.1. The number of benzene rings is 1. The van der Waals surface area contributed by atoms with Crippen LogP contribution in [0.3, 0.4) is 0 Å². The first kappa shape index (κ1) is 15.0. The molecule has 0 bridgehead atoms. The summed E-state index contributed by atoms with van der Waals surface area (Å²) in [7, 11) is 0. The highest BCUT2D eigenvalue weighted by atomic mass is 16.2. The van der Waals surface area contributed by atoms with Gasteiger partial charge in [0, 0.05) is 44.3 Å². The van der Waals surface area contributed by atoms with Crippen LogP contribution >= 0.6 is 0 Å². The maximum Gasteiger partial charge on any atom is 0.316 e. The lowest BCUT2D eigenvalue weighted by Crippen LogP contribution is -2.51. The Kier molecular flexibility index (Phi) is 4.46. The van der Waals surface area contributed by atoms with Crippen molar-refractivity contribution in [2.24, 2.45) is 0 Å². The van der Waals surface area contributed by atoms with Gasteiger partial charge in [-0.2, -0.15) is 0 Å². The molecular weight excluding hydrogens is 294 g/mol. The van der Waals surface area contributed by atoms with Crippen molar-refractivity contribution in [2.45, 2.75) is 0 Å². The molecule has 1 fully saturated rings. The minimum Gasteiger partial charge on any atom is -0.368 e. The molecule has 7 heteroatoms. The highest BCUT2D eigenvalue weighted by molar-refractivity contribution is 6.39. The van der Waals surface area contributed by atoms with Gasteiger partial charge in [0.15, 0.2) is 0 Å². The van der Waals surface area contributed by atoms with Gasteiger partial charge in [-0.3, -0.25) is 14.9 Å². The molecule has 1 aliphatic rings. The normalized spacial score (nSPS) is 14.4. The second-order valence-corrected chi connectivity index (χ2v) is 5.14. The number of para-hydroxylation sites is 1. The molecule has 0 unspecified atom stereocenters. The summed E-state index contributed by atoms with van der Waals surface area (Å²) in [4.78, 5) is 35.7. The molecule has 118 valence electrons. The molecule has 1 N–H and O–H groups in total. The summed E-state index contributed by atoms with van der Waals surface area (Å²) >= 11 is 0. The van der Waals surface area contributed by atoms with Crippen LogP contribution in [0.4, 0.5) is 11.6 Å². The largest absolute Gasteiger partial charge is 0.368 e. The van der Waals surface area contributed by atoms with Gasteiger partial charge in [0.1, 0.15) is 0 Å². The first-order chi connectivity index (χ1) is 11.2. The molecule has 1 aromatic carbocycles. The standard InChI is InChI=1S/C16H17N5O2/c22-14(19-16-17-7-4-8-18-16)15(23)21-11-9-20(10-12-21)13-5-2-1-3-6-13/h1-8H,9-12H2,(H,17,18,19,22). The summed E-state index contributed by atoms with van der Waals surface area (Å²) in [5.74, 6) is -1.12. The Morgan fingerprint density at radius 2 is 1.57 bits per heavy atom. The first-order valence-corrected chi connectivity index (χ1v) is 7.41. The molecule has 3 rings (SSSR count). The third-order valence-electron chi connectivity index (χ3n) is 3.67. The van der Waals surface area contributed by atoms with E-state index in [1.165, 1.54) is 12.4 Å². The number of hydrogen-bond acceptors (Lipinski definition) is 5. The van der Waals surface area contributed by atoms with E-state index in [0.717, 1.165) is 5.69 Å². The molecule has 2 aromatic rings. The molecule has 0 radical (unpaired) electrons. The minimum atomic E-state index is -0.704. The zero-order valence-corrected chi connectivity index (χ0v) is 12.6. The number of nitrogens with one attached hydrogen (secondary N) is 1. The molecule has 0 atom stereocenters. The van der Waals surface area contributed by atoms with Crippen LogP contribution in [-0.2, 0) is 9.59 Å². The van der Waals surface area contributed by atoms with E-state index < -0.39 is 11.8 Å². The van der Waals surface area contributed by atoms with Crippen molar-refractivity contribution in [1.82, 2.24) is 14.9 Å². The van der Waals surface area contributed by atoms with Gasteiger partial charge in [0.2, 0.25) is 5.95 Å². The van der Waals surface area contributed by atoms with Gasteiger partial charge in [0.05, 0.1) is 0 Å². The van der Waals surface area contributed by atoms with Gasteiger partial charge in [-0.1, -0.05) is 18.2 Å². The minimum absolute atomic E-state index is 0.133. The van der Waals surface area contributed by atoms with Gasteiger partial charge in [-0.05, 0) is 18.2 Å². The highest BCUT2D eigenvalue weighted by Gasteiger charge is 2.26. The van der Waals surface area contributed by atoms with Crippen LogP contribution in [0, 0.1) is 0 Å².